The zero-order valence-electron chi connectivity index (χ0n) is 16.6. The van der Waals surface area contributed by atoms with Gasteiger partial charge in [0.1, 0.15) is 10.5 Å². The average Bonchev–Trinajstić information content (AvgIpc) is 3.38. The molecule has 4 aromatic rings. The van der Waals surface area contributed by atoms with Crippen molar-refractivity contribution in [1.29, 1.82) is 0 Å². The summed E-state index contributed by atoms with van der Waals surface area (Å²) < 4.78 is 4.34. The standard InChI is InChI=1S/C21H22ClN5O2S/c1-2-11-26-20(29)19-16(10-12-30-19)27-17(24-25-21(26)27)8-5-9-18(28)23-13-14-6-3-4-7-15(14)22/h3-4,6-7,10,12H,2,5,8-9,11,13H2,1H3,(H,23,28). The van der Waals surface area contributed by atoms with Crippen molar-refractivity contribution < 1.29 is 4.79 Å². The van der Waals surface area contributed by atoms with Gasteiger partial charge in [0.05, 0.1) is 5.52 Å². The summed E-state index contributed by atoms with van der Waals surface area (Å²) in [5.74, 6) is 1.29. The molecule has 1 aromatic carbocycles. The van der Waals surface area contributed by atoms with Crippen LogP contribution < -0.4 is 10.9 Å². The number of amides is 1. The number of aryl methyl sites for hydroxylation is 2. The van der Waals surface area contributed by atoms with Gasteiger partial charge in [0.25, 0.3) is 5.56 Å². The van der Waals surface area contributed by atoms with Gasteiger partial charge >= 0.3 is 0 Å². The number of benzene rings is 1. The smallest absolute Gasteiger partial charge is 0.272 e. The summed E-state index contributed by atoms with van der Waals surface area (Å²) in [4.78, 5) is 25.0. The Morgan fingerprint density at radius 3 is 2.87 bits per heavy atom. The lowest BCUT2D eigenvalue weighted by atomic mass is 10.2. The number of hydrogen-bond donors (Lipinski definition) is 1. The molecule has 3 aromatic heterocycles. The average molecular weight is 444 g/mol. The predicted octanol–water partition coefficient (Wildman–Crippen LogP) is 3.81. The number of hydrogen-bond acceptors (Lipinski definition) is 5. The summed E-state index contributed by atoms with van der Waals surface area (Å²) in [6, 6.07) is 9.39. The summed E-state index contributed by atoms with van der Waals surface area (Å²) in [5.41, 5.74) is 1.70. The van der Waals surface area contributed by atoms with Crippen LogP contribution >= 0.6 is 22.9 Å². The molecule has 1 N–H and O–H groups in total. The molecule has 0 radical (unpaired) electrons. The van der Waals surface area contributed by atoms with Crippen LogP contribution in [0, 0.1) is 0 Å². The second-order valence-corrected chi connectivity index (χ2v) is 8.39. The number of halogens is 1. The molecule has 0 atom stereocenters. The van der Waals surface area contributed by atoms with E-state index < -0.39 is 0 Å². The molecule has 0 bridgehead atoms. The van der Waals surface area contributed by atoms with Crippen molar-refractivity contribution in [3.8, 4) is 0 Å². The third-order valence-electron chi connectivity index (χ3n) is 4.96. The van der Waals surface area contributed by atoms with Gasteiger partial charge in [0.15, 0.2) is 0 Å². The van der Waals surface area contributed by atoms with E-state index in [0.29, 0.717) is 47.9 Å². The topological polar surface area (TPSA) is 81.3 Å². The van der Waals surface area contributed by atoms with Crippen LogP contribution in [0.4, 0.5) is 0 Å². The Labute approximate surface area is 182 Å². The zero-order valence-corrected chi connectivity index (χ0v) is 18.2. The number of thiophene rings is 1. The molecule has 0 aliphatic carbocycles. The minimum absolute atomic E-state index is 0.0211. The van der Waals surface area contributed by atoms with Crippen LogP contribution in [-0.2, 0) is 24.3 Å². The first-order valence-electron chi connectivity index (χ1n) is 9.94. The Morgan fingerprint density at radius 1 is 1.23 bits per heavy atom. The Hall–Kier alpha value is -2.71. The number of carbonyl (C=O) groups excluding carboxylic acids is 1. The molecule has 0 fully saturated rings. The molecular weight excluding hydrogens is 422 g/mol. The largest absolute Gasteiger partial charge is 0.352 e. The molecule has 0 aliphatic rings. The van der Waals surface area contributed by atoms with Gasteiger partial charge in [0, 0.05) is 31.0 Å². The lowest BCUT2D eigenvalue weighted by molar-refractivity contribution is -0.121. The second kappa shape index (κ2) is 8.97. The van der Waals surface area contributed by atoms with E-state index in [1.54, 1.807) is 4.57 Å². The Morgan fingerprint density at radius 2 is 2.07 bits per heavy atom. The zero-order chi connectivity index (χ0) is 21.1. The third kappa shape index (κ3) is 3.97. The number of fused-ring (bicyclic) bond motifs is 3. The summed E-state index contributed by atoms with van der Waals surface area (Å²) >= 11 is 7.56. The molecule has 7 nitrogen and oxygen atoms in total. The van der Waals surface area contributed by atoms with Crippen LogP contribution in [0.1, 0.15) is 37.6 Å². The first-order chi connectivity index (χ1) is 14.6. The summed E-state index contributed by atoms with van der Waals surface area (Å²) in [5, 5.41) is 14.1. The predicted molar refractivity (Wildman–Crippen MR) is 119 cm³/mol. The fraction of sp³-hybridized carbons (Fsp3) is 0.333. The molecule has 0 spiro atoms. The van der Waals surface area contributed by atoms with Crippen LogP contribution in [-0.4, -0.2) is 25.1 Å². The number of nitrogens with one attached hydrogen (secondary N) is 1. The van der Waals surface area contributed by atoms with Crippen LogP contribution in [0.3, 0.4) is 0 Å². The van der Waals surface area contributed by atoms with Gasteiger partial charge < -0.3 is 5.32 Å². The van der Waals surface area contributed by atoms with Gasteiger partial charge in [-0.25, -0.2) is 0 Å². The normalized spacial score (nSPS) is 11.4. The lowest BCUT2D eigenvalue weighted by Crippen LogP contribution is -2.23. The van der Waals surface area contributed by atoms with Crippen molar-refractivity contribution in [1.82, 2.24) is 24.5 Å². The molecule has 0 saturated heterocycles. The quantitative estimate of drug-likeness (QED) is 0.449. The number of aromatic nitrogens is 4. The monoisotopic (exact) mass is 443 g/mol. The summed E-state index contributed by atoms with van der Waals surface area (Å²) in [6.45, 7) is 3.03. The highest BCUT2D eigenvalue weighted by molar-refractivity contribution is 7.17. The highest BCUT2D eigenvalue weighted by Gasteiger charge is 2.17. The SMILES string of the molecule is CCCn1c(=O)c2sccc2n2c(CCCC(=O)NCc3ccccc3Cl)nnc12. The highest BCUT2D eigenvalue weighted by Crippen LogP contribution is 2.20. The van der Waals surface area contributed by atoms with Crippen molar-refractivity contribution in [3.05, 3.63) is 62.5 Å². The Bertz CT molecular complexity index is 1260. The van der Waals surface area contributed by atoms with E-state index >= 15 is 0 Å². The fourth-order valence-corrected chi connectivity index (χ4v) is 4.53. The molecule has 0 unspecified atom stereocenters. The highest BCUT2D eigenvalue weighted by atomic mass is 35.5. The first kappa shape index (κ1) is 20.6. The Balaban J connectivity index is 1.46. The van der Waals surface area contributed by atoms with Crippen molar-refractivity contribution in [3.63, 3.8) is 0 Å². The summed E-state index contributed by atoms with van der Waals surface area (Å²) in [7, 11) is 0. The Kier molecular flexibility index (Phi) is 6.15. The fourth-order valence-electron chi connectivity index (χ4n) is 3.50. The van der Waals surface area contributed by atoms with E-state index in [-0.39, 0.29) is 11.5 Å². The minimum atomic E-state index is -0.0349. The van der Waals surface area contributed by atoms with Gasteiger partial charge in [-0.2, -0.15) is 0 Å². The van der Waals surface area contributed by atoms with E-state index in [2.05, 4.69) is 15.5 Å². The first-order valence-corrected chi connectivity index (χ1v) is 11.2. The van der Waals surface area contributed by atoms with Crippen LogP contribution in [0.25, 0.3) is 16.0 Å². The lowest BCUT2D eigenvalue weighted by Gasteiger charge is -2.08. The second-order valence-electron chi connectivity index (χ2n) is 7.07. The third-order valence-corrected chi connectivity index (χ3v) is 6.22. The number of rotatable bonds is 8. The van der Waals surface area contributed by atoms with Crippen molar-refractivity contribution in [2.75, 3.05) is 0 Å². The van der Waals surface area contributed by atoms with Crippen molar-refractivity contribution >= 4 is 44.8 Å². The number of carbonyl (C=O) groups is 1. The molecule has 1 amide bonds. The molecule has 4 rings (SSSR count). The van der Waals surface area contributed by atoms with E-state index in [4.69, 9.17) is 11.6 Å². The maximum atomic E-state index is 12.7. The molecule has 30 heavy (non-hydrogen) atoms. The van der Waals surface area contributed by atoms with Gasteiger partial charge in [-0.1, -0.05) is 36.7 Å². The van der Waals surface area contributed by atoms with Gasteiger partial charge in [-0.05, 0) is 35.9 Å². The van der Waals surface area contributed by atoms with E-state index in [9.17, 15) is 9.59 Å². The molecular formula is C21H22ClN5O2S. The van der Waals surface area contributed by atoms with Gasteiger partial charge in [0.2, 0.25) is 11.7 Å². The molecule has 0 saturated carbocycles. The van der Waals surface area contributed by atoms with Crippen LogP contribution in [0.5, 0.6) is 0 Å². The minimum Gasteiger partial charge on any atom is -0.352 e. The van der Waals surface area contributed by atoms with Crippen LogP contribution in [0.15, 0.2) is 40.5 Å². The summed E-state index contributed by atoms with van der Waals surface area (Å²) in [6.07, 6.45) is 2.44. The van der Waals surface area contributed by atoms with Crippen molar-refractivity contribution in [2.24, 2.45) is 0 Å². The van der Waals surface area contributed by atoms with E-state index in [1.807, 2.05) is 47.0 Å². The van der Waals surface area contributed by atoms with Crippen LogP contribution in [0.2, 0.25) is 5.02 Å². The number of nitrogens with zero attached hydrogens (tertiary/aromatic N) is 4. The van der Waals surface area contributed by atoms with Gasteiger partial charge in [-0.3, -0.25) is 18.6 Å². The molecule has 0 aliphatic heterocycles. The molecule has 156 valence electrons. The van der Waals surface area contributed by atoms with E-state index in [0.717, 1.165) is 23.3 Å². The van der Waals surface area contributed by atoms with Crippen molar-refractivity contribution in [2.45, 2.75) is 45.7 Å². The molecule has 9 heteroatoms. The van der Waals surface area contributed by atoms with Gasteiger partial charge in [-0.15, -0.1) is 21.5 Å². The maximum Gasteiger partial charge on any atom is 0.272 e. The van der Waals surface area contributed by atoms with E-state index in [1.165, 1.54) is 11.3 Å². The molecule has 3 heterocycles. The maximum absolute atomic E-state index is 12.7.